The first-order valence-electron chi connectivity index (χ1n) is 4.13. The molecule has 10 heavy (non-hydrogen) atoms. The highest BCUT2D eigenvalue weighted by Crippen LogP contribution is 2.37. The number of hydrogen-bond acceptors (Lipinski definition) is 2. The van der Waals surface area contributed by atoms with Crippen molar-refractivity contribution < 1.29 is 9.84 Å². The maximum atomic E-state index is 9.63. The van der Waals surface area contributed by atoms with Crippen molar-refractivity contribution in [2.45, 2.75) is 43.8 Å². The molecule has 0 bridgehead atoms. The van der Waals surface area contributed by atoms with Crippen molar-refractivity contribution in [3.05, 3.63) is 0 Å². The molecular weight excluding hydrogens is 128 g/mol. The minimum Gasteiger partial charge on any atom is -0.390 e. The summed E-state index contributed by atoms with van der Waals surface area (Å²) >= 11 is 0. The lowest BCUT2D eigenvalue weighted by atomic mass is 9.77. The van der Waals surface area contributed by atoms with E-state index in [1.54, 1.807) is 0 Å². The van der Waals surface area contributed by atoms with Crippen LogP contribution in [0.4, 0.5) is 0 Å². The molecule has 1 atom stereocenters. The van der Waals surface area contributed by atoms with Crippen molar-refractivity contribution in [3.8, 4) is 0 Å². The van der Waals surface area contributed by atoms with E-state index < -0.39 is 0 Å². The summed E-state index contributed by atoms with van der Waals surface area (Å²) in [5.74, 6) is 0. The summed E-state index contributed by atoms with van der Waals surface area (Å²) in [6, 6.07) is 0. The average molecular weight is 142 g/mol. The molecule has 2 aliphatic rings. The molecular formula is C8H14O2. The Morgan fingerprint density at radius 2 is 2.20 bits per heavy atom. The Morgan fingerprint density at radius 3 is 2.60 bits per heavy atom. The first kappa shape index (κ1) is 6.62. The third-order valence-electron chi connectivity index (χ3n) is 2.62. The van der Waals surface area contributed by atoms with Crippen LogP contribution in [0, 0.1) is 0 Å². The first-order valence-corrected chi connectivity index (χ1v) is 4.13. The van der Waals surface area contributed by atoms with Crippen LogP contribution in [0.5, 0.6) is 0 Å². The lowest BCUT2D eigenvalue weighted by molar-refractivity contribution is -0.0427. The van der Waals surface area contributed by atoms with Gasteiger partial charge in [-0.15, -0.1) is 0 Å². The third kappa shape index (κ3) is 1.32. The molecule has 0 aromatic rings. The maximum Gasteiger partial charge on any atom is 0.0811 e. The van der Waals surface area contributed by atoms with Gasteiger partial charge in [0.05, 0.1) is 18.3 Å². The fourth-order valence-electron chi connectivity index (χ4n) is 1.50. The molecule has 1 saturated carbocycles. The predicted molar refractivity (Wildman–Crippen MR) is 37.8 cm³/mol. The quantitative estimate of drug-likeness (QED) is 0.598. The first-order chi connectivity index (χ1) is 4.79. The number of ether oxygens (including phenoxy) is 1. The van der Waals surface area contributed by atoms with Crippen LogP contribution in [-0.2, 0) is 4.74 Å². The van der Waals surface area contributed by atoms with Gasteiger partial charge < -0.3 is 9.84 Å². The number of aliphatic hydroxyl groups is 1. The Labute approximate surface area is 61.2 Å². The van der Waals surface area contributed by atoms with E-state index in [9.17, 15) is 5.11 Å². The van der Waals surface area contributed by atoms with Gasteiger partial charge in [0.2, 0.25) is 0 Å². The van der Waals surface area contributed by atoms with E-state index in [1.165, 1.54) is 6.42 Å². The zero-order valence-electron chi connectivity index (χ0n) is 6.18. The van der Waals surface area contributed by atoms with Crippen LogP contribution in [0.2, 0.25) is 0 Å². The molecule has 1 unspecified atom stereocenters. The van der Waals surface area contributed by atoms with Crippen molar-refractivity contribution in [2.24, 2.45) is 0 Å². The lowest BCUT2D eigenvalue weighted by Crippen LogP contribution is -2.36. The molecule has 0 amide bonds. The Morgan fingerprint density at radius 1 is 1.50 bits per heavy atom. The van der Waals surface area contributed by atoms with Gasteiger partial charge in [-0.3, -0.25) is 0 Å². The molecule has 2 fully saturated rings. The van der Waals surface area contributed by atoms with Crippen molar-refractivity contribution in [2.75, 3.05) is 6.61 Å². The van der Waals surface area contributed by atoms with Gasteiger partial charge in [-0.2, -0.15) is 0 Å². The van der Waals surface area contributed by atoms with E-state index in [0.29, 0.717) is 6.10 Å². The van der Waals surface area contributed by atoms with Crippen LogP contribution in [0.3, 0.4) is 0 Å². The Hall–Kier alpha value is -0.0800. The van der Waals surface area contributed by atoms with Gasteiger partial charge in [0.25, 0.3) is 0 Å². The fourth-order valence-corrected chi connectivity index (χ4v) is 1.50. The smallest absolute Gasteiger partial charge is 0.0811 e. The van der Waals surface area contributed by atoms with Crippen LogP contribution in [0.15, 0.2) is 0 Å². The molecule has 0 spiro atoms. The number of epoxide rings is 1. The van der Waals surface area contributed by atoms with Gasteiger partial charge in [-0.1, -0.05) is 0 Å². The summed E-state index contributed by atoms with van der Waals surface area (Å²) in [6.07, 6.45) is 5.75. The highest BCUT2D eigenvalue weighted by atomic mass is 16.6. The summed E-state index contributed by atoms with van der Waals surface area (Å²) in [6.45, 7) is 0.927. The van der Waals surface area contributed by atoms with Crippen LogP contribution in [0.25, 0.3) is 0 Å². The van der Waals surface area contributed by atoms with Crippen LogP contribution >= 0.6 is 0 Å². The van der Waals surface area contributed by atoms with Gasteiger partial charge in [0.1, 0.15) is 0 Å². The fraction of sp³-hybridized carbons (Fsp3) is 1.00. The van der Waals surface area contributed by atoms with Crippen LogP contribution in [-0.4, -0.2) is 23.4 Å². The predicted octanol–water partition coefficient (Wildman–Crippen LogP) is 1.08. The van der Waals surface area contributed by atoms with Crippen LogP contribution in [0.1, 0.15) is 32.1 Å². The van der Waals surface area contributed by atoms with Gasteiger partial charge in [-0.25, -0.2) is 0 Å². The van der Waals surface area contributed by atoms with E-state index in [-0.39, 0.29) is 5.60 Å². The lowest BCUT2D eigenvalue weighted by Gasteiger charge is -2.36. The van der Waals surface area contributed by atoms with E-state index >= 15 is 0 Å². The Kier molecular flexibility index (Phi) is 1.46. The van der Waals surface area contributed by atoms with Crippen molar-refractivity contribution in [1.82, 2.24) is 0 Å². The molecule has 1 heterocycles. The molecule has 2 rings (SSSR count). The van der Waals surface area contributed by atoms with E-state index in [1.807, 2.05) is 0 Å². The largest absolute Gasteiger partial charge is 0.390 e. The van der Waals surface area contributed by atoms with E-state index in [4.69, 9.17) is 4.74 Å². The van der Waals surface area contributed by atoms with Crippen molar-refractivity contribution >= 4 is 0 Å². The molecule has 1 aliphatic carbocycles. The molecule has 0 aromatic carbocycles. The molecule has 1 saturated heterocycles. The molecule has 2 heteroatoms. The Balaban J connectivity index is 1.67. The maximum absolute atomic E-state index is 9.63. The summed E-state index contributed by atoms with van der Waals surface area (Å²) in [4.78, 5) is 0. The topological polar surface area (TPSA) is 32.8 Å². The number of hydrogen-bond donors (Lipinski definition) is 1. The van der Waals surface area contributed by atoms with Gasteiger partial charge in [0, 0.05) is 0 Å². The summed E-state index contributed by atoms with van der Waals surface area (Å²) in [5, 5.41) is 9.63. The SMILES string of the molecule is OC1(CCC2CO2)CCC1. The number of rotatable bonds is 3. The second kappa shape index (κ2) is 2.21. The summed E-state index contributed by atoms with van der Waals surface area (Å²) in [7, 11) is 0. The summed E-state index contributed by atoms with van der Waals surface area (Å²) in [5.41, 5.74) is -0.286. The molecule has 2 nitrogen and oxygen atoms in total. The van der Waals surface area contributed by atoms with Crippen LogP contribution < -0.4 is 0 Å². The highest BCUT2D eigenvalue weighted by Gasteiger charge is 2.36. The molecule has 1 N–H and O–H groups in total. The van der Waals surface area contributed by atoms with Gasteiger partial charge >= 0.3 is 0 Å². The third-order valence-corrected chi connectivity index (χ3v) is 2.62. The van der Waals surface area contributed by atoms with Crippen molar-refractivity contribution in [3.63, 3.8) is 0 Å². The minimum absolute atomic E-state index is 0.286. The molecule has 0 aromatic heterocycles. The molecule has 1 aliphatic heterocycles. The average Bonchev–Trinajstić information content (AvgIpc) is 2.61. The second-order valence-electron chi connectivity index (χ2n) is 3.57. The van der Waals surface area contributed by atoms with Crippen molar-refractivity contribution in [1.29, 1.82) is 0 Å². The zero-order valence-corrected chi connectivity index (χ0v) is 6.18. The molecule has 58 valence electrons. The Bertz CT molecular complexity index is 125. The zero-order chi connectivity index (χ0) is 7.03. The minimum atomic E-state index is -0.286. The van der Waals surface area contributed by atoms with E-state index in [0.717, 1.165) is 32.3 Å². The molecule has 0 radical (unpaired) electrons. The normalized spacial score (nSPS) is 35.1. The van der Waals surface area contributed by atoms with Gasteiger partial charge in [0.15, 0.2) is 0 Å². The standard InChI is InChI=1S/C8H14O2/c9-8(3-1-4-8)5-2-7-6-10-7/h7,9H,1-6H2. The van der Waals surface area contributed by atoms with E-state index in [2.05, 4.69) is 0 Å². The monoisotopic (exact) mass is 142 g/mol. The highest BCUT2D eigenvalue weighted by molar-refractivity contribution is 4.89. The summed E-state index contributed by atoms with van der Waals surface area (Å²) < 4.78 is 5.06. The van der Waals surface area contributed by atoms with Gasteiger partial charge in [-0.05, 0) is 32.1 Å². The second-order valence-corrected chi connectivity index (χ2v) is 3.57.